The van der Waals surface area contributed by atoms with Gasteiger partial charge in [-0.15, -0.1) is 0 Å². The van der Waals surface area contributed by atoms with Crippen LogP contribution in [-0.2, 0) is 0 Å². The number of ether oxygens (including phenoxy) is 1. The molecule has 0 fully saturated rings. The molecule has 0 bridgehead atoms. The number of nitrogens with zero attached hydrogens (tertiary/aromatic N) is 2. The van der Waals surface area contributed by atoms with Crippen LogP contribution >= 0.6 is 0 Å². The summed E-state index contributed by atoms with van der Waals surface area (Å²) in [6.07, 6.45) is 0. The van der Waals surface area contributed by atoms with Crippen molar-refractivity contribution >= 4 is 22.4 Å². The highest BCUT2D eigenvalue weighted by Crippen LogP contribution is 2.29. The molecule has 3 rings (SSSR count). The van der Waals surface area contributed by atoms with Gasteiger partial charge in [-0.1, -0.05) is 42.7 Å². The van der Waals surface area contributed by atoms with Crippen molar-refractivity contribution in [2.45, 2.75) is 0 Å². The summed E-state index contributed by atoms with van der Waals surface area (Å²) in [5.74, 6) is 6.35. The molecule has 3 aromatic rings. The maximum atomic E-state index is 8.93. The van der Waals surface area contributed by atoms with Gasteiger partial charge in [0.1, 0.15) is 12.4 Å². The third-order valence-corrected chi connectivity index (χ3v) is 3.76. The molecule has 0 saturated heterocycles. The van der Waals surface area contributed by atoms with E-state index >= 15 is 0 Å². The molecule has 1 aromatic heterocycles. The Bertz CT molecular complexity index is 1020. The summed E-state index contributed by atoms with van der Waals surface area (Å²) in [6.45, 7) is 3.96. The second-order valence-electron chi connectivity index (χ2n) is 5.30. The molecule has 0 aliphatic carbocycles. The van der Waals surface area contributed by atoms with Gasteiger partial charge in [-0.2, -0.15) is 0 Å². The Morgan fingerprint density at radius 3 is 2.80 bits per heavy atom. The van der Waals surface area contributed by atoms with E-state index < -0.39 is 0 Å². The molecular weight excluding hydrogens is 314 g/mol. The molecule has 0 spiro atoms. The summed E-state index contributed by atoms with van der Waals surface area (Å²) in [5, 5.41) is 9.81. The number of methoxy groups -OCH3 is 1. The minimum absolute atomic E-state index is 0.198. The summed E-state index contributed by atoms with van der Waals surface area (Å²) in [7, 11) is 1.58. The number of nitrogen functional groups attached to an aromatic ring is 1. The lowest BCUT2D eigenvalue weighted by atomic mass is 9.98. The van der Waals surface area contributed by atoms with E-state index in [1.165, 1.54) is 0 Å². The predicted octanol–water partition coefficient (Wildman–Crippen LogP) is 2.63. The zero-order chi connectivity index (χ0) is 17.8. The van der Waals surface area contributed by atoms with E-state index in [1.54, 1.807) is 7.11 Å². The first-order chi connectivity index (χ1) is 12.1. The van der Waals surface area contributed by atoms with Gasteiger partial charge in [-0.25, -0.2) is 9.97 Å². The van der Waals surface area contributed by atoms with Gasteiger partial charge in [-0.3, -0.25) is 0 Å². The molecule has 2 aromatic carbocycles. The highest BCUT2D eigenvalue weighted by Gasteiger charge is 2.12. The lowest BCUT2D eigenvalue weighted by Crippen LogP contribution is -2.01. The number of hydrogen-bond donors (Lipinski definition) is 2. The number of aliphatic hydroxyl groups excluding tert-OH is 1. The first-order valence-electron chi connectivity index (χ1n) is 7.63. The van der Waals surface area contributed by atoms with Crippen molar-refractivity contribution in [3.63, 3.8) is 0 Å². The first kappa shape index (κ1) is 16.5. The van der Waals surface area contributed by atoms with Crippen LogP contribution in [-0.4, -0.2) is 28.8 Å². The number of rotatable bonds is 3. The molecule has 25 heavy (non-hydrogen) atoms. The number of para-hydroxylation sites is 1. The van der Waals surface area contributed by atoms with E-state index in [0.717, 1.165) is 16.5 Å². The average Bonchev–Trinajstić information content (AvgIpc) is 2.64. The van der Waals surface area contributed by atoms with Crippen LogP contribution in [0.2, 0.25) is 0 Å². The standard InChI is InChI=1S/C20H17N3O2/c1-13(14-9-10-18(25-2)15(12-14)6-5-11-24)19-16-7-3-4-8-17(16)22-20(21)23-19/h3-4,7-10,12,24H,1,11H2,2H3,(H2,21,22,23). The molecule has 1 heterocycles. The zero-order valence-electron chi connectivity index (χ0n) is 13.8. The van der Waals surface area contributed by atoms with Gasteiger partial charge in [0, 0.05) is 11.0 Å². The highest BCUT2D eigenvalue weighted by atomic mass is 16.5. The maximum absolute atomic E-state index is 8.93. The molecular formula is C20H17N3O2. The number of fused-ring (bicyclic) bond motifs is 1. The summed E-state index contributed by atoms with van der Waals surface area (Å²) >= 11 is 0. The fourth-order valence-corrected chi connectivity index (χ4v) is 2.59. The second kappa shape index (κ2) is 7.04. The molecule has 0 aliphatic heterocycles. The second-order valence-corrected chi connectivity index (χ2v) is 5.30. The van der Waals surface area contributed by atoms with Gasteiger partial charge >= 0.3 is 0 Å². The number of benzene rings is 2. The molecule has 5 nitrogen and oxygen atoms in total. The third kappa shape index (κ3) is 3.30. The Balaban J connectivity index is 2.13. The van der Waals surface area contributed by atoms with Gasteiger partial charge in [-0.05, 0) is 23.8 Å². The summed E-state index contributed by atoms with van der Waals surface area (Å²) in [5.41, 5.74) is 9.50. The number of nitrogens with two attached hydrogens (primary N) is 1. The summed E-state index contributed by atoms with van der Waals surface area (Å²) < 4.78 is 5.31. The first-order valence-corrected chi connectivity index (χ1v) is 7.63. The minimum atomic E-state index is -0.221. The van der Waals surface area contributed by atoms with Crippen LogP contribution in [0, 0.1) is 11.8 Å². The molecule has 0 aliphatic rings. The Labute approximate surface area is 145 Å². The van der Waals surface area contributed by atoms with Crippen molar-refractivity contribution in [2.24, 2.45) is 0 Å². The monoisotopic (exact) mass is 331 g/mol. The van der Waals surface area contributed by atoms with E-state index in [-0.39, 0.29) is 12.6 Å². The lowest BCUT2D eigenvalue weighted by Gasteiger charge is -2.11. The van der Waals surface area contributed by atoms with Crippen LogP contribution in [0.25, 0.3) is 16.5 Å². The van der Waals surface area contributed by atoms with Crippen LogP contribution < -0.4 is 10.5 Å². The van der Waals surface area contributed by atoms with Gasteiger partial charge in [0.25, 0.3) is 0 Å². The molecule has 5 heteroatoms. The SMILES string of the molecule is C=C(c1ccc(OC)c(C#CCO)c1)c1nc(N)nc2ccccc12. The maximum Gasteiger partial charge on any atom is 0.221 e. The van der Waals surface area contributed by atoms with Crippen molar-refractivity contribution in [3.8, 4) is 17.6 Å². The van der Waals surface area contributed by atoms with Crippen LogP contribution in [0.3, 0.4) is 0 Å². The molecule has 0 radical (unpaired) electrons. The normalized spacial score (nSPS) is 10.2. The Morgan fingerprint density at radius 2 is 2.04 bits per heavy atom. The Kier molecular flexibility index (Phi) is 4.64. The van der Waals surface area contributed by atoms with Crippen LogP contribution in [0.5, 0.6) is 5.75 Å². The van der Waals surface area contributed by atoms with Gasteiger partial charge in [0.05, 0.1) is 23.9 Å². The van der Waals surface area contributed by atoms with E-state index in [0.29, 0.717) is 22.6 Å². The molecule has 124 valence electrons. The fourth-order valence-electron chi connectivity index (χ4n) is 2.59. The van der Waals surface area contributed by atoms with Crippen LogP contribution in [0.1, 0.15) is 16.8 Å². The highest BCUT2D eigenvalue weighted by molar-refractivity contribution is 5.94. The van der Waals surface area contributed by atoms with Crippen molar-refractivity contribution < 1.29 is 9.84 Å². The van der Waals surface area contributed by atoms with Crippen LogP contribution in [0.4, 0.5) is 5.95 Å². The molecule has 0 unspecified atom stereocenters. The average molecular weight is 331 g/mol. The topological polar surface area (TPSA) is 81.3 Å². The van der Waals surface area contributed by atoms with Gasteiger partial charge < -0.3 is 15.6 Å². The van der Waals surface area contributed by atoms with Gasteiger partial charge in [0.2, 0.25) is 5.95 Å². The van der Waals surface area contributed by atoms with E-state index in [2.05, 4.69) is 28.4 Å². The Morgan fingerprint density at radius 1 is 1.24 bits per heavy atom. The summed E-state index contributed by atoms with van der Waals surface area (Å²) in [6, 6.07) is 13.2. The fraction of sp³-hybridized carbons (Fsp3) is 0.100. The Hall–Kier alpha value is -3.36. The number of anilines is 1. The van der Waals surface area contributed by atoms with E-state index in [4.69, 9.17) is 15.6 Å². The summed E-state index contributed by atoms with van der Waals surface area (Å²) in [4.78, 5) is 8.63. The van der Waals surface area contributed by atoms with E-state index in [9.17, 15) is 0 Å². The minimum Gasteiger partial charge on any atom is -0.495 e. The van der Waals surface area contributed by atoms with Crippen molar-refractivity contribution in [2.75, 3.05) is 19.5 Å². The number of hydrogen-bond acceptors (Lipinski definition) is 5. The van der Waals surface area contributed by atoms with Gasteiger partial charge in [0.15, 0.2) is 0 Å². The predicted molar refractivity (Wildman–Crippen MR) is 99.0 cm³/mol. The van der Waals surface area contributed by atoms with Crippen molar-refractivity contribution in [1.82, 2.24) is 9.97 Å². The molecule has 0 atom stereocenters. The number of aliphatic hydroxyl groups is 1. The van der Waals surface area contributed by atoms with Crippen LogP contribution in [0.15, 0.2) is 49.0 Å². The smallest absolute Gasteiger partial charge is 0.221 e. The van der Waals surface area contributed by atoms with E-state index in [1.807, 2.05) is 42.5 Å². The van der Waals surface area contributed by atoms with Crippen molar-refractivity contribution in [1.29, 1.82) is 0 Å². The van der Waals surface area contributed by atoms with Crippen molar-refractivity contribution in [3.05, 3.63) is 65.9 Å². The lowest BCUT2D eigenvalue weighted by molar-refractivity contribution is 0.350. The molecule has 0 amide bonds. The molecule has 3 N–H and O–H groups in total. The zero-order valence-corrected chi connectivity index (χ0v) is 13.8. The third-order valence-electron chi connectivity index (χ3n) is 3.76. The quantitative estimate of drug-likeness (QED) is 0.721. The molecule has 0 saturated carbocycles. The largest absolute Gasteiger partial charge is 0.495 e. The number of aromatic nitrogens is 2.